The molecule has 0 saturated carbocycles. The van der Waals surface area contributed by atoms with Crippen LogP contribution in [0.2, 0.25) is 0 Å². The first-order valence-corrected chi connectivity index (χ1v) is 13.3. The summed E-state index contributed by atoms with van der Waals surface area (Å²) in [5.74, 6) is 4.50. The van der Waals surface area contributed by atoms with Gasteiger partial charge in [-0.3, -0.25) is 0 Å². The molecule has 2 N–H and O–H groups in total. The first-order valence-electron chi connectivity index (χ1n) is 11.0. The van der Waals surface area contributed by atoms with Crippen molar-refractivity contribution in [3.8, 4) is 11.8 Å². The number of hydrogen-bond donors (Lipinski definition) is 2. The summed E-state index contributed by atoms with van der Waals surface area (Å²) >= 11 is 1.05. The van der Waals surface area contributed by atoms with Crippen LogP contribution < -0.4 is 4.90 Å². The minimum atomic E-state index is -6.07. The van der Waals surface area contributed by atoms with Crippen molar-refractivity contribution in [2.75, 3.05) is 31.1 Å². The van der Waals surface area contributed by atoms with Crippen LogP contribution in [-0.4, -0.2) is 67.6 Å². The molecule has 0 amide bonds. The quantitative estimate of drug-likeness (QED) is 0.421. The molecular formula is C23H24F6N2O4S2. The molecule has 0 spiro atoms. The zero-order valence-corrected chi connectivity index (χ0v) is 21.3. The van der Waals surface area contributed by atoms with Crippen molar-refractivity contribution in [2.45, 2.75) is 42.1 Å². The summed E-state index contributed by atoms with van der Waals surface area (Å²) in [7, 11) is -3.74. The Bertz CT molecular complexity index is 1240. The fourth-order valence-electron chi connectivity index (χ4n) is 3.65. The zero-order chi connectivity index (χ0) is 27.8. The number of alkyl halides is 6. The summed E-state index contributed by atoms with van der Waals surface area (Å²) in [6.45, 7) is 3.42. The monoisotopic (exact) mass is 570 g/mol. The third-order valence-corrected chi connectivity index (χ3v) is 9.16. The standard InChI is InChI=1S/C23H24F6N2O4S2/c1-15(2)19(32)8-5-16-14-17(21(33,22(24,25)26)23(27,28)29)6-7-18(16)30-9-11-31(12-10-30)37(34,35)20-4-3-13-36-20/h3-4,6-7,13-15,19,32-33H,9-12H2,1-2H3/t19-/m1/s1. The van der Waals surface area contributed by atoms with E-state index in [2.05, 4.69) is 11.8 Å². The number of anilines is 1. The SMILES string of the molecule is CC(C)[C@H](O)C#Cc1cc(C(O)(C(F)(F)F)C(F)(F)F)ccc1N1CCN(S(=O)(=O)c2cccs2)CC1. The van der Waals surface area contributed by atoms with Crippen molar-refractivity contribution in [3.05, 3.63) is 46.8 Å². The minimum absolute atomic E-state index is 0.0124. The number of thiophene rings is 1. The Hall–Kier alpha value is -2.31. The number of halogens is 6. The van der Waals surface area contributed by atoms with Gasteiger partial charge in [-0.15, -0.1) is 11.3 Å². The highest BCUT2D eigenvalue weighted by atomic mass is 32.2. The van der Waals surface area contributed by atoms with Crippen molar-refractivity contribution in [1.29, 1.82) is 0 Å². The maximum absolute atomic E-state index is 13.4. The van der Waals surface area contributed by atoms with Crippen molar-refractivity contribution < 1.29 is 45.0 Å². The number of piperazine rings is 1. The van der Waals surface area contributed by atoms with Crippen LogP contribution in [0.15, 0.2) is 39.9 Å². The Balaban J connectivity index is 2.00. The van der Waals surface area contributed by atoms with E-state index >= 15 is 0 Å². The van der Waals surface area contributed by atoms with Gasteiger partial charge in [-0.25, -0.2) is 8.42 Å². The molecule has 1 aromatic carbocycles. The number of hydrogen-bond acceptors (Lipinski definition) is 6. The van der Waals surface area contributed by atoms with Gasteiger partial charge in [0.15, 0.2) is 0 Å². The van der Waals surface area contributed by atoms with Crippen LogP contribution in [0.5, 0.6) is 0 Å². The van der Waals surface area contributed by atoms with Gasteiger partial charge in [0.25, 0.3) is 15.6 Å². The van der Waals surface area contributed by atoms with Crippen LogP contribution in [0.25, 0.3) is 0 Å². The minimum Gasteiger partial charge on any atom is -0.380 e. The van der Waals surface area contributed by atoms with Crippen molar-refractivity contribution >= 4 is 27.0 Å². The smallest absolute Gasteiger partial charge is 0.380 e. The van der Waals surface area contributed by atoms with Gasteiger partial charge >= 0.3 is 12.4 Å². The predicted molar refractivity (Wildman–Crippen MR) is 125 cm³/mol. The summed E-state index contributed by atoms with van der Waals surface area (Å²) in [6, 6.07) is 5.06. The van der Waals surface area contributed by atoms with Gasteiger partial charge in [-0.1, -0.05) is 37.8 Å². The van der Waals surface area contributed by atoms with E-state index in [4.69, 9.17) is 0 Å². The van der Waals surface area contributed by atoms with E-state index in [0.29, 0.717) is 12.1 Å². The van der Waals surface area contributed by atoms with E-state index in [1.54, 1.807) is 30.2 Å². The summed E-state index contributed by atoms with van der Waals surface area (Å²) < 4.78 is 108. The summed E-state index contributed by atoms with van der Waals surface area (Å²) in [6.07, 6.45) is -13.4. The molecule has 1 aliphatic rings. The number of aliphatic hydroxyl groups is 2. The van der Waals surface area contributed by atoms with Crippen LogP contribution in [-0.2, 0) is 15.6 Å². The lowest BCUT2D eigenvalue weighted by molar-refractivity contribution is -0.376. The molecule has 2 aromatic rings. The maximum Gasteiger partial charge on any atom is 0.430 e. The zero-order valence-electron chi connectivity index (χ0n) is 19.6. The topological polar surface area (TPSA) is 81.1 Å². The van der Waals surface area contributed by atoms with E-state index in [1.807, 2.05) is 0 Å². The average molecular weight is 571 g/mol. The Morgan fingerprint density at radius 1 is 1.00 bits per heavy atom. The predicted octanol–water partition coefficient (Wildman–Crippen LogP) is 3.94. The van der Waals surface area contributed by atoms with E-state index in [1.165, 1.54) is 10.4 Å². The van der Waals surface area contributed by atoms with Gasteiger partial charge in [0, 0.05) is 37.3 Å². The van der Waals surface area contributed by atoms with E-state index < -0.39 is 39.6 Å². The molecule has 37 heavy (non-hydrogen) atoms. The number of benzene rings is 1. The largest absolute Gasteiger partial charge is 0.430 e. The molecular weight excluding hydrogens is 546 g/mol. The molecule has 1 saturated heterocycles. The molecule has 1 aliphatic heterocycles. The second-order valence-corrected chi connectivity index (χ2v) is 11.8. The number of rotatable bonds is 5. The molecule has 204 valence electrons. The number of sulfonamides is 1. The van der Waals surface area contributed by atoms with Crippen molar-refractivity contribution in [1.82, 2.24) is 4.31 Å². The summed E-state index contributed by atoms with van der Waals surface area (Å²) in [5, 5.41) is 21.5. The van der Waals surface area contributed by atoms with Gasteiger partial charge in [0.05, 0.1) is 5.69 Å². The van der Waals surface area contributed by atoms with Crippen LogP contribution in [0, 0.1) is 17.8 Å². The van der Waals surface area contributed by atoms with Crippen LogP contribution >= 0.6 is 11.3 Å². The number of aliphatic hydroxyl groups excluding tert-OH is 1. The normalized spacial score (nSPS) is 17.0. The van der Waals surface area contributed by atoms with Crippen LogP contribution in [0.1, 0.15) is 25.0 Å². The van der Waals surface area contributed by atoms with Gasteiger partial charge in [-0.05, 0) is 29.5 Å². The Labute approximate surface area is 214 Å². The van der Waals surface area contributed by atoms with Crippen LogP contribution in [0.3, 0.4) is 0 Å². The van der Waals surface area contributed by atoms with Gasteiger partial charge in [-0.2, -0.15) is 30.6 Å². The highest BCUT2D eigenvalue weighted by molar-refractivity contribution is 7.91. The Kier molecular flexibility index (Phi) is 8.26. The van der Waals surface area contributed by atoms with E-state index in [9.17, 15) is 45.0 Å². The third-order valence-electron chi connectivity index (χ3n) is 5.89. The van der Waals surface area contributed by atoms with Gasteiger partial charge in [0.1, 0.15) is 10.3 Å². The lowest BCUT2D eigenvalue weighted by Crippen LogP contribution is -2.54. The summed E-state index contributed by atoms with van der Waals surface area (Å²) in [5.41, 5.74) is -6.75. The van der Waals surface area contributed by atoms with E-state index in [-0.39, 0.29) is 47.6 Å². The van der Waals surface area contributed by atoms with Crippen molar-refractivity contribution in [2.24, 2.45) is 5.92 Å². The fourth-order valence-corrected chi connectivity index (χ4v) is 6.22. The molecule has 6 nitrogen and oxygen atoms in total. The lowest BCUT2D eigenvalue weighted by atomic mass is 9.90. The van der Waals surface area contributed by atoms with E-state index in [0.717, 1.165) is 17.4 Å². The Morgan fingerprint density at radius 3 is 2.08 bits per heavy atom. The molecule has 0 radical (unpaired) electrons. The number of nitrogens with zero attached hydrogens (tertiary/aromatic N) is 2. The summed E-state index contributed by atoms with van der Waals surface area (Å²) in [4.78, 5) is 1.58. The Morgan fingerprint density at radius 2 is 1.59 bits per heavy atom. The highest BCUT2D eigenvalue weighted by Crippen LogP contribution is 2.50. The second kappa shape index (κ2) is 10.5. The maximum atomic E-state index is 13.4. The average Bonchev–Trinajstić information content (AvgIpc) is 3.36. The van der Waals surface area contributed by atoms with Gasteiger partial charge in [0.2, 0.25) is 0 Å². The second-order valence-electron chi connectivity index (χ2n) is 8.72. The van der Waals surface area contributed by atoms with Gasteiger partial charge < -0.3 is 15.1 Å². The molecule has 3 rings (SSSR count). The molecule has 0 aliphatic carbocycles. The first-order chi connectivity index (χ1) is 17.0. The molecule has 0 bridgehead atoms. The molecule has 2 heterocycles. The lowest BCUT2D eigenvalue weighted by Gasteiger charge is -2.36. The van der Waals surface area contributed by atoms with Crippen molar-refractivity contribution in [3.63, 3.8) is 0 Å². The van der Waals surface area contributed by atoms with Crippen LogP contribution in [0.4, 0.5) is 32.0 Å². The molecule has 0 unspecified atom stereocenters. The molecule has 1 atom stereocenters. The highest BCUT2D eigenvalue weighted by Gasteiger charge is 2.71. The first kappa shape index (κ1) is 29.2. The molecule has 14 heteroatoms. The third kappa shape index (κ3) is 5.75. The molecule has 1 fully saturated rings. The fraction of sp³-hybridized carbons (Fsp3) is 0.478. The molecule has 1 aromatic heterocycles.